The van der Waals surface area contributed by atoms with Crippen LogP contribution in [0.5, 0.6) is 5.75 Å². The number of amides is 1. The number of ether oxygens (including phenoxy) is 1. The van der Waals surface area contributed by atoms with Crippen LogP contribution in [-0.4, -0.2) is 42.0 Å². The number of para-hydroxylation sites is 1. The van der Waals surface area contributed by atoms with Crippen LogP contribution in [0.4, 0.5) is 0 Å². The second-order valence-electron chi connectivity index (χ2n) is 7.93. The van der Waals surface area contributed by atoms with Crippen LogP contribution in [-0.2, 0) is 4.79 Å². The summed E-state index contributed by atoms with van der Waals surface area (Å²) >= 11 is 6.34. The third-order valence-electron chi connectivity index (χ3n) is 5.76. The SMILES string of the molecule is O=C(C1CCNCC1)N(CCOc1ccccc1)[C@@H](c1cccc(Cl)c1)c1ccccn1. The summed E-state index contributed by atoms with van der Waals surface area (Å²) in [5, 5.41) is 3.99. The van der Waals surface area contributed by atoms with Crippen LogP contribution in [0.15, 0.2) is 79.0 Å². The molecule has 0 spiro atoms. The fourth-order valence-electron chi connectivity index (χ4n) is 4.17. The third kappa shape index (κ3) is 5.67. The van der Waals surface area contributed by atoms with E-state index in [1.54, 1.807) is 6.20 Å². The number of hydrogen-bond donors (Lipinski definition) is 1. The molecule has 0 unspecified atom stereocenters. The van der Waals surface area contributed by atoms with Gasteiger partial charge >= 0.3 is 0 Å². The Morgan fingerprint density at radius 2 is 1.84 bits per heavy atom. The van der Waals surface area contributed by atoms with Gasteiger partial charge in [0.15, 0.2) is 0 Å². The van der Waals surface area contributed by atoms with E-state index >= 15 is 0 Å². The Bertz CT molecular complexity index is 994. The Morgan fingerprint density at radius 1 is 1.06 bits per heavy atom. The predicted molar refractivity (Wildman–Crippen MR) is 127 cm³/mol. The van der Waals surface area contributed by atoms with Crippen molar-refractivity contribution in [2.24, 2.45) is 5.92 Å². The molecule has 4 rings (SSSR count). The van der Waals surface area contributed by atoms with Crippen LogP contribution < -0.4 is 10.1 Å². The lowest BCUT2D eigenvalue weighted by atomic mass is 9.93. The summed E-state index contributed by atoms with van der Waals surface area (Å²) in [6.45, 7) is 2.56. The molecule has 1 atom stereocenters. The highest BCUT2D eigenvalue weighted by Gasteiger charge is 2.33. The van der Waals surface area contributed by atoms with Crippen molar-refractivity contribution < 1.29 is 9.53 Å². The molecule has 6 heteroatoms. The van der Waals surface area contributed by atoms with Gasteiger partial charge in [0.05, 0.1) is 18.3 Å². The van der Waals surface area contributed by atoms with Crippen LogP contribution >= 0.6 is 11.6 Å². The Kier molecular flexibility index (Phi) is 7.75. The molecule has 0 bridgehead atoms. The van der Waals surface area contributed by atoms with E-state index in [1.807, 2.05) is 77.7 Å². The van der Waals surface area contributed by atoms with E-state index in [0.717, 1.165) is 42.9 Å². The first-order valence-corrected chi connectivity index (χ1v) is 11.5. The van der Waals surface area contributed by atoms with Crippen molar-refractivity contribution in [2.45, 2.75) is 18.9 Å². The smallest absolute Gasteiger partial charge is 0.226 e. The van der Waals surface area contributed by atoms with Crippen molar-refractivity contribution in [3.63, 3.8) is 0 Å². The van der Waals surface area contributed by atoms with Gasteiger partial charge in [0.2, 0.25) is 5.91 Å². The number of pyridine rings is 1. The number of piperidine rings is 1. The maximum atomic E-state index is 13.8. The highest BCUT2D eigenvalue weighted by atomic mass is 35.5. The number of benzene rings is 2. The number of aromatic nitrogens is 1. The fraction of sp³-hybridized carbons (Fsp3) is 0.308. The zero-order chi connectivity index (χ0) is 22.2. The average Bonchev–Trinajstić information content (AvgIpc) is 2.85. The van der Waals surface area contributed by atoms with E-state index in [1.165, 1.54) is 0 Å². The van der Waals surface area contributed by atoms with Crippen LogP contribution in [0, 0.1) is 5.92 Å². The number of rotatable bonds is 8. The van der Waals surface area contributed by atoms with Gasteiger partial charge in [-0.05, 0) is 67.9 Å². The molecule has 1 aromatic heterocycles. The minimum absolute atomic E-state index is 0.0154. The molecule has 5 nitrogen and oxygen atoms in total. The normalized spacial score (nSPS) is 15.2. The molecular weight excluding hydrogens is 422 g/mol. The van der Waals surface area contributed by atoms with Gasteiger partial charge in [-0.15, -0.1) is 0 Å². The second-order valence-corrected chi connectivity index (χ2v) is 8.37. The van der Waals surface area contributed by atoms with Gasteiger partial charge in [0.1, 0.15) is 12.4 Å². The zero-order valence-corrected chi connectivity index (χ0v) is 18.7. The summed E-state index contributed by atoms with van der Waals surface area (Å²) < 4.78 is 5.97. The van der Waals surface area contributed by atoms with Crippen LogP contribution in [0.25, 0.3) is 0 Å². The Balaban J connectivity index is 1.65. The van der Waals surface area contributed by atoms with Gasteiger partial charge in [-0.3, -0.25) is 9.78 Å². The molecule has 2 heterocycles. The summed E-state index contributed by atoms with van der Waals surface area (Å²) in [6.07, 6.45) is 3.43. The van der Waals surface area contributed by atoms with Crippen molar-refractivity contribution in [1.82, 2.24) is 15.2 Å². The number of halogens is 1. The van der Waals surface area contributed by atoms with Gasteiger partial charge in [0.25, 0.3) is 0 Å². The molecule has 2 aromatic carbocycles. The van der Waals surface area contributed by atoms with Crippen molar-refractivity contribution in [3.05, 3.63) is 95.3 Å². The highest BCUT2D eigenvalue weighted by Crippen LogP contribution is 2.31. The van der Waals surface area contributed by atoms with Crippen molar-refractivity contribution in [1.29, 1.82) is 0 Å². The van der Waals surface area contributed by atoms with Gasteiger partial charge in [0, 0.05) is 17.1 Å². The molecule has 1 aliphatic heterocycles. The molecule has 1 aliphatic rings. The standard InChI is InChI=1S/C26H28ClN3O2/c27-22-8-6-7-21(19-22)25(24-11-4-5-14-29-24)30(26(31)20-12-15-28-16-13-20)17-18-32-23-9-2-1-3-10-23/h1-11,14,19-20,25,28H,12-13,15-18H2/t25-/m0/s1. The van der Waals surface area contributed by atoms with E-state index in [9.17, 15) is 4.79 Å². The van der Waals surface area contributed by atoms with E-state index in [0.29, 0.717) is 18.2 Å². The summed E-state index contributed by atoms with van der Waals surface area (Å²) in [6, 6.07) is 22.8. The largest absolute Gasteiger partial charge is 0.492 e. The number of nitrogens with zero attached hydrogens (tertiary/aromatic N) is 2. The molecule has 32 heavy (non-hydrogen) atoms. The topological polar surface area (TPSA) is 54.5 Å². The first-order chi connectivity index (χ1) is 15.7. The summed E-state index contributed by atoms with van der Waals surface area (Å²) in [5.41, 5.74) is 1.76. The van der Waals surface area contributed by atoms with Crippen molar-refractivity contribution >= 4 is 17.5 Å². The predicted octanol–water partition coefficient (Wildman–Crippen LogP) is 4.73. The zero-order valence-electron chi connectivity index (χ0n) is 18.0. The molecule has 3 aromatic rings. The molecule has 0 radical (unpaired) electrons. The molecule has 1 saturated heterocycles. The quantitative estimate of drug-likeness (QED) is 0.540. The maximum absolute atomic E-state index is 13.8. The number of nitrogens with one attached hydrogen (secondary N) is 1. The molecule has 1 N–H and O–H groups in total. The monoisotopic (exact) mass is 449 g/mol. The average molecular weight is 450 g/mol. The van der Waals surface area contributed by atoms with E-state index in [2.05, 4.69) is 10.3 Å². The minimum Gasteiger partial charge on any atom is -0.492 e. The van der Waals surface area contributed by atoms with Crippen LogP contribution in [0.3, 0.4) is 0 Å². The number of carbonyl (C=O) groups excluding carboxylic acids is 1. The maximum Gasteiger partial charge on any atom is 0.226 e. The van der Waals surface area contributed by atoms with Gasteiger partial charge in [-0.2, -0.15) is 0 Å². The number of hydrogen-bond acceptors (Lipinski definition) is 4. The lowest BCUT2D eigenvalue weighted by Crippen LogP contribution is -2.45. The van der Waals surface area contributed by atoms with E-state index < -0.39 is 0 Å². The first kappa shape index (κ1) is 22.3. The van der Waals surface area contributed by atoms with E-state index in [4.69, 9.17) is 16.3 Å². The second kappa shape index (κ2) is 11.1. The summed E-state index contributed by atoms with van der Waals surface area (Å²) in [5.74, 6) is 0.913. The Morgan fingerprint density at radius 3 is 2.56 bits per heavy atom. The van der Waals surface area contributed by atoms with E-state index in [-0.39, 0.29) is 17.9 Å². The van der Waals surface area contributed by atoms with Gasteiger partial charge in [-0.1, -0.05) is 48.0 Å². The summed E-state index contributed by atoms with van der Waals surface area (Å²) in [4.78, 5) is 20.3. The van der Waals surface area contributed by atoms with Gasteiger partial charge in [-0.25, -0.2) is 0 Å². The van der Waals surface area contributed by atoms with Crippen molar-refractivity contribution in [2.75, 3.05) is 26.2 Å². The molecule has 0 saturated carbocycles. The van der Waals surface area contributed by atoms with Gasteiger partial charge < -0.3 is 15.0 Å². The Labute approximate surface area is 194 Å². The van der Waals surface area contributed by atoms with Crippen molar-refractivity contribution in [3.8, 4) is 5.75 Å². The number of carbonyl (C=O) groups is 1. The third-order valence-corrected chi connectivity index (χ3v) is 5.99. The molecule has 166 valence electrons. The Hall–Kier alpha value is -2.89. The lowest BCUT2D eigenvalue weighted by molar-refractivity contribution is -0.138. The lowest BCUT2D eigenvalue weighted by Gasteiger charge is -2.35. The molecule has 1 fully saturated rings. The van der Waals surface area contributed by atoms with Crippen LogP contribution in [0.1, 0.15) is 30.1 Å². The molecule has 1 amide bonds. The minimum atomic E-state index is -0.336. The first-order valence-electron chi connectivity index (χ1n) is 11.1. The summed E-state index contributed by atoms with van der Waals surface area (Å²) in [7, 11) is 0. The van der Waals surface area contributed by atoms with Crippen LogP contribution in [0.2, 0.25) is 5.02 Å². The highest BCUT2D eigenvalue weighted by molar-refractivity contribution is 6.30. The molecular formula is C26H28ClN3O2. The fourth-order valence-corrected chi connectivity index (χ4v) is 4.37. The molecule has 0 aliphatic carbocycles.